The van der Waals surface area contributed by atoms with E-state index in [-0.39, 0.29) is 64.0 Å². The molecule has 4 bridgehead atoms. The lowest BCUT2D eigenvalue weighted by Gasteiger charge is -2.59. The second-order valence-electron chi connectivity index (χ2n) is 18.4. The SMILES string of the molecule is CCC(C(=O)OC(CCOC1CCCO1)CC(=O)OC(C)(C)C)C(C)(CCC(C)(C)C(=O)OC1(C)C2CC3CC(C2)CC1C3)C(=O)OC1CCOC1=O. The Kier molecular flexibility index (Phi) is 12.9. The first-order valence-corrected chi connectivity index (χ1v) is 20.1. The van der Waals surface area contributed by atoms with Crippen LogP contribution >= 0.6 is 0 Å². The van der Waals surface area contributed by atoms with Crippen molar-refractivity contribution in [2.24, 2.45) is 40.4 Å². The van der Waals surface area contributed by atoms with Crippen LogP contribution in [-0.4, -0.2) is 79.4 Å². The number of hydrogen-bond donors (Lipinski definition) is 0. The van der Waals surface area contributed by atoms with E-state index in [2.05, 4.69) is 6.92 Å². The minimum Gasteiger partial charge on any atom is -0.463 e. The van der Waals surface area contributed by atoms with Crippen LogP contribution in [0.25, 0.3) is 0 Å². The second kappa shape index (κ2) is 16.6. The van der Waals surface area contributed by atoms with Crippen LogP contribution in [0.4, 0.5) is 0 Å². The zero-order chi connectivity index (χ0) is 38.8. The summed E-state index contributed by atoms with van der Waals surface area (Å²) >= 11 is 0. The van der Waals surface area contributed by atoms with Crippen molar-refractivity contribution >= 4 is 29.8 Å². The van der Waals surface area contributed by atoms with Crippen molar-refractivity contribution in [1.82, 2.24) is 0 Å². The zero-order valence-electron chi connectivity index (χ0n) is 33.3. The molecule has 4 aliphatic carbocycles. The predicted octanol–water partition coefficient (Wildman–Crippen LogP) is 6.63. The third kappa shape index (κ3) is 9.93. The summed E-state index contributed by atoms with van der Waals surface area (Å²) in [7, 11) is 0. The highest BCUT2D eigenvalue weighted by Gasteiger charge is 2.58. The average Bonchev–Trinajstić information content (AvgIpc) is 3.73. The molecular formula is C41H64O12. The topological polar surface area (TPSA) is 150 Å². The van der Waals surface area contributed by atoms with Crippen molar-refractivity contribution in [3.63, 3.8) is 0 Å². The fourth-order valence-corrected chi connectivity index (χ4v) is 9.47. The molecule has 12 heteroatoms. The first-order chi connectivity index (χ1) is 24.8. The van der Waals surface area contributed by atoms with Crippen LogP contribution in [0.15, 0.2) is 0 Å². The van der Waals surface area contributed by atoms with Crippen molar-refractivity contribution in [3.8, 4) is 0 Å². The van der Waals surface area contributed by atoms with E-state index in [0.717, 1.165) is 50.4 Å². The summed E-state index contributed by atoms with van der Waals surface area (Å²) in [6, 6.07) is 0. The van der Waals surface area contributed by atoms with Gasteiger partial charge in [0.05, 0.1) is 36.4 Å². The van der Waals surface area contributed by atoms with E-state index in [0.29, 0.717) is 18.4 Å². The zero-order valence-corrected chi connectivity index (χ0v) is 33.3. The maximum Gasteiger partial charge on any atom is 0.347 e. The Bertz CT molecular complexity index is 1310. The molecule has 4 saturated carbocycles. The second-order valence-corrected chi connectivity index (χ2v) is 18.4. The molecule has 12 nitrogen and oxygen atoms in total. The summed E-state index contributed by atoms with van der Waals surface area (Å²) in [5, 5.41) is 0. The molecule has 0 spiro atoms. The van der Waals surface area contributed by atoms with Crippen LogP contribution in [0, 0.1) is 40.4 Å². The Balaban J connectivity index is 1.31. The highest BCUT2D eigenvalue weighted by Crippen LogP contribution is 2.60. The molecule has 6 rings (SSSR count). The molecule has 0 aromatic carbocycles. The average molecular weight is 749 g/mol. The highest BCUT2D eigenvalue weighted by molar-refractivity contribution is 5.88. The molecule has 0 aromatic heterocycles. The summed E-state index contributed by atoms with van der Waals surface area (Å²) in [5.74, 6) is -1.77. The van der Waals surface area contributed by atoms with Gasteiger partial charge in [0.2, 0.25) is 6.10 Å². The number of carbonyl (C=O) groups is 5. The molecule has 6 fully saturated rings. The van der Waals surface area contributed by atoms with Gasteiger partial charge in [-0.25, -0.2) is 4.79 Å². The lowest BCUT2D eigenvalue weighted by molar-refractivity contribution is -0.212. The molecule has 0 radical (unpaired) electrons. The van der Waals surface area contributed by atoms with Crippen LogP contribution in [0.3, 0.4) is 0 Å². The van der Waals surface area contributed by atoms with Crippen LogP contribution in [0.1, 0.15) is 139 Å². The summed E-state index contributed by atoms with van der Waals surface area (Å²) in [6.45, 7) is 15.4. The van der Waals surface area contributed by atoms with E-state index >= 15 is 0 Å². The molecule has 2 heterocycles. The summed E-state index contributed by atoms with van der Waals surface area (Å²) in [6.07, 6.45) is 5.70. The van der Waals surface area contributed by atoms with Crippen molar-refractivity contribution in [2.45, 2.75) is 169 Å². The number of rotatable bonds is 17. The Morgan fingerprint density at radius 1 is 0.887 bits per heavy atom. The number of carbonyl (C=O) groups excluding carboxylic acids is 5. The number of hydrogen-bond acceptors (Lipinski definition) is 12. The van der Waals surface area contributed by atoms with Crippen molar-refractivity contribution < 1.29 is 57.1 Å². The van der Waals surface area contributed by atoms with Gasteiger partial charge in [-0.05, 0) is 130 Å². The summed E-state index contributed by atoms with van der Waals surface area (Å²) < 4.78 is 40.3. The number of esters is 5. The van der Waals surface area contributed by atoms with E-state index < -0.39 is 64.0 Å². The molecule has 0 aromatic rings. The Hall–Kier alpha value is -2.73. The van der Waals surface area contributed by atoms with Crippen molar-refractivity contribution in [2.75, 3.05) is 19.8 Å². The quantitative estimate of drug-likeness (QED) is 0.116. The Labute approximate surface area is 315 Å². The van der Waals surface area contributed by atoms with E-state index in [1.807, 2.05) is 13.8 Å². The monoisotopic (exact) mass is 748 g/mol. The standard InChI is InChI=1S/C41H64O12/c1-9-30(34(43)50-29(24-32(42)52-38(2,3)4)12-17-48-33-11-10-16-47-33)40(7,37(46)51-31-13-18-49-35(31)44)15-14-39(5,6)36(45)53-41(8)27-20-25-19-26(22-27)23-28(41)21-25/h25-31,33H,9-24H2,1-8H3. The van der Waals surface area contributed by atoms with Crippen molar-refractivity contribution in [1.29, 1.82) is 0 Å². The minimum absolute atomic E-state index is 0.0793. The van der Waals surface area contributed by atoms with Gasteiger partial charge in [0, 0.05) is 25.9 Å². The Morgan fingerprint density at radius 2 is 1.55 bits per heavy atom. The lowest BCUT2D eigenvalue weighted by Crippen LogP contribution is -2.58. The fourth-order valence-electron chi connectivity index (χ4n) is 9.47. The molecule has 0 N–H and O–H groups in total. The van der Waals surface area contributed by atoms with E-state index in [1.54, 1.807) is 34.6 Å². The fraction of sp³-hybridized carbons (Fsp3) is 0.878. The van der Waals surface area contributed by atoms with Gasteiger partial charge in [-0.15, -0.1) is 0 Å². The van der Waals surface area contributed by atoms with Gasteiger partial charge in [0.15, 0.2) is 6.29 Å². The molecule has 53 heavy (non-hydrogen) atoms. The molecule has 2 saturated heterocycles. The van der Waals surface area contributed by atoms with Crippen molar-refractivity contribution in [3.05, 3.63) is 0 Å². The van der Waals surface area contributed by atoms with Crippen LogP contribution in [-0.2, 0) is 57.1 Å². The third-order valence-electron chi connectivity index (χ3n) is 12.7. The highest BCUT2D eigenvalue weighted by atomic mass is 16.7. The van der Waals surface area contributed by atoms with Crippen LogP contribution in [0.5, 0.6) is 0 Å². The van der Waals surface area contributed by atoms with Gasteiger partial charge in [-0.2, -0.15) is 0 Å². The smallest absolute Gasteiger partial charge is 0.347 e. The summed E-state index contributed by atoms with van der Waals surface area (Å²) in [4.78, 5) is 67.7. The first kappa shape index (κ1) is 41.4. The van der Waals surface area contributed by atoms with E-state index in [1.165, 1.54) is 6.42 Å². The van der Waals surface area contributed by atoms with Gasteiger partial charge < -0.3 is 33.2 Å². The maximum absolute atomic E-state index is 14.2. The predicted molar refractivity (Wildman–Crippen MR) is 192 cm³/mol. The first-order valence-electron chi connectivity index (χ1n) is 20.1. The molecule has 0 amide bonds. The van der Waals surface area contributed by atoms with Crippen LogP contribution in [0.2, 0.25) is 0 Å². The summed E-state index contributed by atoms with van der Waals surface area (Å²) in [5.41, 5.74) is -3.74. The number of ether oxygens (including phenoxy) is 7. The molecule has 300 valence electrons. The molecule has 5 atom stereocenters. The van der Waals surface area contributed by atoms with Gasteiger partial charge in [0.1, 0.15) is 17.3 Å². The Morgan fingerprint density at radius 3 is 2.09 bits per heavy atom. The minimum atomic E-state index is -1.50. The largest absolute Gasteiger partial charge is 0.463 e. The molecule has 2 aliphatic heterocycles. The van der Waals surface area contributed by atoms with E-state index in [4.69, 9.17) is 33.2 Å². The number of cyclic esters (lactones) is 1. The van der Waals surface area contributed by atoms with Gasteiger partial charge in [-0.1, -0.05) is 6.92 Å². The van der Waals surface area contributed by atoms with Gasteiger partial charge in [-0.3, -0.25) is 19.2 Å². The normalized spacial score (nSPS) is 31.7. The lowest BCUT2D eigenvalue weighted by atomic mass is 9.50. The molecule has 5 unspecified atom stereocenters. The third-order valence-corrected chi connectivity index (χ3v) is 12.7. The molecule has 6 aliphatic rings. The van der Waals surface area contributed by atoms with Gasteiger partial charge in [0.25, 0.3) is 0 Å². The maximum atomic E-state index is 14.2. The molecular weight excluding hydrogens is 684 g/mol. The van der Waals surface area contributed by atoms with E-state index in [9.17, 15) is 24.0 Å². The van der Waals surface area contributed by atoms with Gasteiger partial charge >= 0.3 is 29.8 Å². The van der Waals surface area contributed by atoms with Crippen LogP contribution < -0.4 is 0 Å².